The van der Waals surface area contributed by atoms with E-state index >= 15 is 0 Å². The summed E-state index contributed by atoms with van der Waals surface area (Å²) >= 11 is 5.41. The lowest BCUT2D eigenvalue weighted by atomic mass is 10.4. The first-order chi connectivity index (χ1) is 10.3. The van der Waals surface area contributed by atoms with Crippen molar-refractivity contribution in [3.05, 3.63) is 12.2 Å². The highest BCUT2D eigenvalue weighted by Gasteiger charge is 2.02. The SMILES string of the molecule is C=C(C)C(=O)OCCSCCSCCSCCNS(C)(=O)=O. The number of rotatable bonds is 14. The number of hydrogen-bond acceptors (Lipinski definition) is 7. The van der Waals surface area contributed by atoms with E-state index in [1.165, 1.54) is 6.26 Å². The largest absolute Gasteiger partial charge is 0.461 e. The van der Waals surface area contributed by atoms with Crippen molar-refractivity contribution in [1.29, 1.82) is 0 Å². The molecule has 0 spiro atoms. The summed E-state index contributed by atoms with van der Waals surface area (Å²) in [5.74, 6) is 5.49. The van der Waals surface area contributed by atoms with Crippen LogP contribution in [0, 0.1) is 0 Å². The molecular weight excluding hydrogens is 362 g/mol. The summed E-state index contributed by atoms with van der Waals surface area (Å²) in [6, 6.07) is 0. The average molecular weight is 388 g/mol. The van der Waals surface area contributed by atoms with Crippen molar-refractivity contribution >= 4 is 51.3 Å². The van der Waals surface area contributed by atoms with Crippen LogP contribution in [-0.2, 0) is 19.6 Å². The zero-order valence-corrected chi connectivity index (χ0v) is 16.4. The van der Waals surface area contributed by atoms with E-state index in [1.807, 2.05) is 11.8 Å². The van der Waals surface area contributed by atoms with Crippen molar-refractivity contribution in [3.63, 3.8) is 0 Å². The normalized spacial score (nSPS) is 11.4. The molecule has 0 fully saturated rings. The van der Waals surface area contributed by atoms with Crippen LogP contribution in [0.25, 0.3) is 0 Å². The molecule has 0 saturated heterocycles. The topological polar surface area (TPSA) is 72.5 Å². The summed E-state index contributed by atoms with van der Waals surface area (Å²) in [5.41, 5.74) is 0.435. The molecule has 0 saturated carbocycles. The molecule has 0 aromatic carbocycles. The highest BCUT2D eigenvalue weighted by Crippen LogP contribution is 2.10. The van der Waals surface area contributed by atoms with Gasteiger partial charge in [0.15, 0.2) is 0 Å². The summed E-state index contributed by atoms with van der Waals surface area (Å²) in [5, 5.41) is 0. The van der Waals surface area contributed by atoms with Crippen LogP contribution in [0.3, 0.4) is 0 Å². The Morgan fingerprint density at radius 3 is 2.05 bits per heavy atom. The number of hydrogen-bond donors (Lipinski definition) is 1. The fourth-order valence-electron chi connectivity index (χ4n) is 1.16. The van der Waals surface area contributed by atoms with Crippen LogP contribution in [0.1, 0.15) is 6.92 Å². The van der Waals surface area contributed by atoms with Crippen LogP contribution in [0.15, 0.2) is 12.2 Å². The summed E-state index contributed by atoms with van der Waals surface area (Å²) < 4.78 is 29.1. The van der Waals surface area contributed by atoms with E-state index in [2.05, 4.69) is 11.3 Å². The summed E-state index contributed by atoms with van der Waals surface area (Å²) in [7, 11) is -3.05. The molecule has 0 aromatic rings. The number of sulfonamides is 1. The third-order valence-electron chi connectivity index (χ3n) is 2.16. The Balaban J connectivity index is 3.18. The maximum atomic E-state index is 11.1. The van der Waals surface area contributed by atoms with Crippen molar-refractivity contribution in [2.75, 3.05) is 53.9 Å². The van der Waals surface area contributed by atoms with Crippen LogP contribution in [0.2, 0.25) is 0 Å². The van der Waals surface area contributed by atoms with Crippen LogP contribution in [0.4, 0.5) is 0 Å². The molecule has 0 aliphatic heterocycles. The van der Waals surface area contributed by atoms with Gasteiger partial charge in [-0.2, -0.15) is 35.3 Å². The van der Waals surface area contributed by atoms with E-state index in [9.17, 15) is 13.2 Å². The quantitative estimate of drug-likeness (QED) is 0.277. The van der Waals surface area contributed by atoms with Gasteiger partial charge in [0.05, 0.1) is 6.26 Å². The summed E-state index contributed by atoms with van der Waals surface area (Å²) in [4.78, 5) is 11.1. The lowest BCUT2D eigenvalue weighted by Crippen LogP contribution is -2.24. The van der Waals surface area contributed by atoms with Crippen molar-refractivity contribution in [1.82, 2.24) is 4.72 Å². The third kappa shape index (κ3) is 16.5. The van der Waals surface area contributed by atoms with Crippen molar-refractivity contribution < 1.29 is 17.9 Å². The molecule has 0 radical (unpaired) electrons. The Kier molecular flexibility index (Phi) is 13.7. The Morgan fingerprint density at radius 2 is 1.55 bits per heavy atom. The van der Waals surface area contributed by atoms with Crippen molar-refractivity contribution in [2.45, 2.75) is 6.92 Å². The zero-order valence-electron chi connectivity index (χ0n) is 13.1. The molecule has 0 aromatic heterocycles. The van der Waals surface area contributed by atoms with Gasteiger partial charge in [-0.25, -0.2) is 17.9 Å². The third-order valence-corrected chi connectivity index (χ3v) is 6.33. The minimum atomic E-state index is -3.05. The van der Waals surface area contributed by atoms with Gasteiger partial charge in [0.1, 0.15) is 6.61 Å². The van der Waals surface area contributed by atoms with E-state index in [-0.39, 0.29) is 5.97 Å². The van der Waals surface area contributed by atoms with E-state index in [0.29, 0.717) is 18.7 Å². The van der Waals surface area contributed by atoms with Crippen LogP contribution < -0.4 is 4.72 Å². The van der Waals surface area contributed by atoms with E-state index < -0.39 is 10.0 Å². The molecule has 5 nitrogen and oxygen atoms in total. The standard InChI is InChI=1S/C13H25NO4S4/c1-12(2)13(15)18-5-7-20-9-11-21-10-8-19-6-4-14-22(3,16)17/h14H,1,4-11H2,2-3H3. The van der Waals surface area contributed by atoms with Crippen LogP contribution >= 0.6 is 35.3 Å². The molecule has 22 heavy (non-hydrogen) atoms. The lowest BCUT2D eigenvalue weighted by Gasteiger charge is -2.05. The smallest absolute Gasteiger partial charge is 0.333 e. The molecule has 130 valence electrons. The number of nitrogens with one attached hydrogen (secondary N) is 1. The van der Waals surface area contributed by atoms with Gasteiger partial charge < -0.3 is 4.74 Å². The number of esters is 1. The predicted molar refractivity (Wildman–Crippen MR) is 101 cm³/mol. The van der Waals surface area contributed by atoms with Crippen molar-refractivity contribution in [2.24, 2.45) is 0 Å². The zero-order chi connectivity index (χ0) is 16.8. The fraction of sp³-hybridized carbons (Fsp3) is 0.769. The van der Waals surface area contributed by atoms with Crippen LogP contribution in [0.5, 0.6) is 0 Å². The number of thioether (sulfide) groups is 3. The Morgan fingerprint density at radius 1 is 1.05 bits per heavy atom. The van der Waals surface area contributed by atoms with Gasteiger partial charge >= 0.3 is 5.97 Å². The minimum Gasteiger partial charge on any atom is -0.461 e. The monoisotopic (exact) mass is 387 g/mol. The summed E-state index contributed by atoms with van der Waals surface area (Å²) in [6.07, 6.45) is 1.17. The molecule has 0 unspecified atom stereocenters. The second-order valence-electron chi connectivity index (χ2n) is 4.42. The van der Waals surface area contributed by atoms with Gasteiger partial charge in [0, 0.05) is 46.6 Å². The molecular formula is C13H25NO4S4. The average Bonchev–Trinajstić information content (AvgIpc) is 2.42. The molecule has 0 atom stereocenters. The van der Waals surface area contributed by atoms with E-state index in [4.69, 9.17) is 4.74 Å². The molecule has 0 aliphatic carbocycles. The van der Waals surface area contributed by atoms with Gasteiger partial charge in [0.2, 0.25) is 10.0 Å². The second kappa shape index (κ2) is 13.6. The molecule has 0 heterocycles. The fourth-order valence-corrected chi connectivity index (χ4v) is 4.71. The highest BCUT2D eigenvalue weighted by atomic mass is 32.2. The van der Waals surface area contributed by atoms with Crippen molar-refractivity contribution in [3.8, 4) is 0 Å². The maximum absolute atomic E-state index is 11.1. The molecule has 1 N–H and O–H groups in total. The second-order valence-corrected chi connectivity index (χ2v) is 9.93. The number of carbonyl (C=O) groups is 1. The predicted octanol–water partition coefficient (Wildman–Crippen LogP) is 1.85. The maximum Gasteiger partial charge on any atom is 0.333 e. The molecule has 0 bridgehead atoms. The van der Waals surface area contributed by atoms with Gasteiger partial charge in [-0.05, 0) is 6.92 Å². The Bertz CT molecular complexity index is 426. The molecule has 0 amide bonds. The van der Waals surface area contributed by atoms with Crippen LogP contribution in [-0.4, -0.2) is 68.3 Å². The van der Waals surface area contributed by atoms with Gasteiger partial charge in [-0.3, -0.25) is 0 Å². The van der Waals surface area contributed by atoms with E-state index in [1.54, 1.807) is 30.4 Å². The highest BCUT2D eigenvalue weighted by molar-refractivity contribution is 8.04. The lowest BCUT2D eigenvalue weighted by molar-refractivity contribution is -0.138. The molecule has 0 rings (SSSR count). The minimum absolute atomic E-state index is 0.322. The first-order valence-electron chi connectivity index (χ1n) is 6.83. The first-order valence-corrected chi connectivity index (χ1v) is 12.2. The van der Waals surface area contributed by atoms with Gasteiger partial charge in [-0.1, -0.05) is 6.58 Å². The molecule has 0 aliphatic rings. The first kappa shape index (κ1) is 22.2. The van der Waals surface area contributed by atoms with E-state index in [0.717, 1.165) is 34.5 Å². The van der Waals surface area contributed by atoms with Gasteiger partial charge in [0.25, 0.3) is 0 Å². The number of carbonyl (C=O) groups excluding carboxylic acids is 1. The number of ether oxygens (including phenoxy) is 1. The Hall–Kier alpha value is 0.170. The summed E-state index contributed by atoms with van der Waals surface area (Å²) in [6.45, 7) is 6.09. The van der Waals surface area contributed by atoms with Gasteiger partial charge in [-0.15, -0.1) is 0 Å². The molecule has 9 heteroatoms. The Labute approximate surface area is 146 Å².